The molecule has 142 valence electrons. The second-order valence-electron chi connectivity index (χ2n) is 6.18. The van der Waals surface area contributed by atoms with E-state index in [1.165, 1.54) is 12.1 Å². The summed E-state index contributed by atoms with van der Waals surface area (Å²) in [5.41, 5.74) is -1.91. The number of hydrogen-bond acceptors (Lipinski definition) is 4. The lowest BCUT2D eigenvalue weighted by atomic mass is 9.73. The first kappa shape index (κ1) is 10.5. The molecule has 1 aromatic carbocycles. The number of carbonyl (C=O) groups is 1. The molecule has 1 aliphatic rings. The lowest BCUT2D eigenvalue weighted by Gasteiger charge is -2.36. The van der Waals surface area contributed by atoms with Crippen molar-refractivity contribution in [3.63, 3.8) is 0 Å². The van der Waals surface area contributed by atoms with E-state index in [1.807, 2.05) is 11.8 Å². The quantitative estimate of drug-likeness (QED) is 0.593. The van der Waals surface area contributed by atoms with Gasteiger partial charge in [-0.2, -0.15) is 0 Å². The largest absolute Gasteiger partial charge is 0.450 e. The fourth-order valence-electron chi connectivity index (χ4n) is 3.15. The van der Waals surface area contributed by atoms with Crippen LogP contribution in [0.2, 0.25) is 0 Å². The zero-order valence-electron chi connectivity index (χ0n) is 24.6. The highest BCUT2D eigenvalue weighted by molar-refractivity contribution is 5.81. The second kappa shape index (κ2) is 10.4. The van der Waals surface area contributed by atoms with Gasteiger partial charge in [-0.1, -0.05) is 75.1 Å². The molecule has 1 fully saturated rings. The number of carbonyl (C=O) groups excluding carboxylic acids is 1. The van der Waals surface area contributed by atoms with E-state index in [-0.39, 0.29) is 5.56 Å². The lowest BCUT2D eigenvalue weighted by molar-refractivity contribution is -0.174. The lowest BCUT2D eigenvalue weighted by Crippen LogP contribution is -2.45. The van der Waals surface area contributed by atoms with E-state index in [4.69, 9.17) is 18.4 Å². The fourth-order valence-corrected chi connectivity index (χ4v) is 3.15. The van der Waals surface area contributed by atoms with Crippen LogP contribution in [0.3, 0.4) is 0 Å². The molecule has 0 bridgehead atoms. The van der Waals surface area contributed by atoms with Crippen molar-refractivity contribution in [3.05, 3.63) is 35.9 Å². The summed E-state index contributed by atoms with van der Waals surface area (Å²) in [6, 6.07) is 8.04. The molecule has 0 spiro atoms. The minimum Gasteiger partial charge on any atom is -0.450 e. The molecule has 0 unspecified atom stereocenters. The van der Waals surface area contributed by atoms with Crippen LogP contribution in [0, 0.1) is 17.8 Å². The monoisotopic (exact) mass is 367 g/mol. The summed E-state index contributed by atoms with van der Waals surface area (Å²) in [6.45, 7) is -13.3. The average molecular weight is 368 g/mol. The summed E-state index contributed by atoms with van der Waals surface area (Å²) >= 11 is 0. The third-order valence-electron chi connectivity index (χ3n) is 4.57. The summed E-state index contributed by atoms with van der Waals surface area (Å²) in [6.07, 6.45) is 3.56. The van der Waals surface area contributed by atoms with Crippen molar-refractivity contribution >= 4 is 5.97 Å². The van der Waals surface area contributed by atoms with E-state index in [0.29, 0.717) is 17.7 Å². The normalized spacial score (nSPS) is 25.0. The maximum atomic E-state index is 13.2. The smallest absolute Gasteiger partial charge is 0.344 e. The number of esters is 1. The predicted octanol–water partition coefficient (Wildman–Crippen LogP) is 3.34. The number of nitrogens with zero attached hydrogens (tertiary/aromatic N) is 1. The summed E-state index contributed by atoms with van der Waals surface area (Å²) < 4.78 is 81.4. The summed E-state index contributed by atoms with van der Waals surface area (Å²) in [5, 5.41) is 11.5. The molecule has 4 nitrogen and oxygen atoms in total. The highest BCUT2D eigenvalue weighted by atomic mass is 16.5. The number of ether oxygens (including phenoxy) is 1. The summed E-state index contributed by atoms with van der Waals surface area (Å²) in [5.74, 6) is 1.95. The van der Waals surface area contributed by atoms with Gasteiger partial charge in [-0.3, -0.25) is 4.90 Å². The molecular weight excluding hydrogens is 326 g/mol. The van der Waals surface area contributed by atoms with E-state index >= 15 is 0 Å². The van der Waals surface area contributed by atoms with Crippen LogP contribution in [0.4, 0.5) is 0 Å². The molecule has 4 heteroatoms. The van der Waals surface area contributed by atoms with Gasteiger partial charge in [0.05, 0.1) is 12.0 Å². The van der Waals surface area contributed by atoms with Gasteiger partial charge in [0.2, 0.25) is 0 Å². The Morgan fingerprint density at radius 3 is 2.62 bits per heavy atom. The van der Waals surface area contributed by atoms with Gasteiger partial charge in [-0.05, 0) is 31.5 Å². The molecule has 1 atom stereocenters. The van der Waals surface area contributed by atoms with E-state index in [0.717, 1.165) is 19.3 Å². The second-order valence-corrected chi connectivity index (χ2v) is 6.18. The molecule has 1 aromatic rings. The third kappa shape index (κ3) is 5.09. The molecule has 0 aromatic heterocycles. The minimum absolute atomic E-state index is 0.238. The van der Waals surface area contributed by atoms with E-state index in [9.17, 15) is 9.90 Å². The molecule has 0 radical (unpaired) electrons. The standard InChI is InChI=1S/C22H31NO3/c1-3-23(4-2)17-11-12-18-26-21(24)22(25,19-13-7-5-8-14-19)20-15-9-6-10-16-20/h5,7-8,13-14,20,25H,3-4,6,9-10,15-18H2,1-2H3/t22-/m1/s1/i1D3,2D3,17D2,18D2. The van der Waals surface area contributed by atoms with Crippen LogP contribution in [0.5, 0.6) is 0 Å². The Kier molecular flexibility index (Phi) is 4.18. The van der Waals surface area contributed by atoms with E-state index in [1.54, 1.807) is 18.2 Å². The Hall–Kier alpha value is -1.83. The van der Waals surface area contributed by atoms with Crippen molar-refractivity contribution < 1.29 is 28.3 Å². The van der Waals surface area contributed by atoms with Gasteiger partial charge in [0.1, 0.15) is 0 Å². The average Bonchev–Trinajstić information content (AvgIpc) is 2.76. The Bertz CT molecular complexity index is 931. The van der Waals surface area contributed by atoms with Crippen molar-refractivity contribution in [2.75, 3.05) is 26.1 Å². The van der Waals surface area contributed by atoms with Crippen LogP contribution in [-0.2, 0) is 15.1 Å². The fraction of sp³-hybridized carbons (Fsp3) is 0.591. The number of hydrogen-bond donors (Lipinski definition) is 1. The maximum Gasteiger partial charge on any atom is 0.344 e. The van der Waals surface area contributed by atoms with Crippen LogP contribution in [-0.4, -0.2) is 42.1 Å². The third-order valence-corrected chi connectivity index (χ3v) is 4.57. The Balaban J connectivity index is 2.33. The molecule has 2 rings (SSSR count). The molecule has 0 heterocycles. The number of aliphatic hydroxyl groups is 1. The zero-order valence-corrected chi connectivity index (χ0v) is 14.6. The van der Waals surface area contributed by atoms with Crippen molar-refractivity contribution in [1.29, 1.82) is 0 Å². The van der Waals surface area contributed by atoms with Gasteiger partial charge >= 0.3 is 5.97 Å². The van der Waals surface area contributed by atoms with Crippen molar-refractivity contribution in [2.24, 2.45) is 5.92 Å². The van der Waals surface area contributed by atoms with Gasteiger partial charge in [0, 0.05) is 14.1 Å². The minimum atomic E-state index is -3.06. The molecule has 0 aliphatic heterocycles. The van der Waals surface area contributed by atoms with Gasteiger partial charge in [-0.25, -0.2) is 4.79 Å². The van der Waals surface area contributed by atoms with Gasteiger partial charge in [0.25, 0.3) is 0 Å². The topological polar surface area (TPSA) is 49.8 Å². The summed E-state index contributed by atoms with van der Waals surface area (Å²) in [4.78, 5) is 13.7. The molecular formula is C22H31NO3. The van der Waals surface area contributed by atoms with Crippen molar-refractivity contribution in [3.8, 4) is 11.8 Å². The molecule has 0 amide bonds. The first-order valence-electron chi connectivity index (χ1n) is 13.7. The van der Waals surface area contributed by atoms with Crippen LogP contribution >= 0.6 is 0 Å². The van der Waals surface area contributed by atoms with E-state index < -0.39 is 57.3 Å². The Morgan fingerprint density at radius 1 is 1.27 bits per heavy atom. The highest BCUT2D eigenvalue weighted by Gasteiger charge is 2.46. The van der Waals surface area contributed by atoms with Crippen LogP contribution < -0.4 is 0 Å². The molecule has 1 N–H and O–H groups in total. The first-order chi connectivity index (χ1) is 16.4. The zero-order chi connectivity index (χ0) is 27.4. The summed E-state index contributed by atoms with van der Waals surface area (Å²) in [7, 11) is 0. The Morgan fingerprint density at radius 2 is 1.96 bits per heavy atom. The predicted molar refractivity (Wildman–Crippen MR) is 103 cm³/mol. The number of benzene rings is 1. The number of rotatable bonds is 7. The maximum absolute atomic E-state index is 13.2. The van der Waals surface area contributed by atoms with Crippen LogP contribution in [0.25, 0.3) is 0 Å². The van der Waals surface area contributed by atoms with Crippen molar-refractivity contribution in [2.45, 2.75) is 51.4 Å². The molecule has 0 saturated heterocycles. The SMILES string of the molecule is [2H]C([2H])([2H])CN(CC([2H])([2H])[2H])C([2H])([2H])C#CC([2H])([2H])OC(=O)[C@@](O)(c1ccccc1)C1CCCCC1. The van der Waals surface area contributed by atoms with Gasteiger partial charge in [0.15, 0.2) is 12.2 Å². The molecule has 1 saturated carbocycles. The van der Waals surface area contributed by atoms with Crippen molar-refractivity contribution in [1.82, 2.24) is 4.90 Å². The Labute approximate surface area is 171 Å². The van der Waals surface area contributed by atoms with Gasteiger partial charge < -0.3 is 9.84 Å². The van der Waals surface area contributed by atoms with Crippen LogP contribution in [0.1, 0.15) is 65.1 Å². The molecule has 26 heavy (non-hydrogen) atoms. The van der Waals surface area contributed by atoms with Gasteiger partial charge in [-0.15, -0.1) is 0 Å². The first-order valence-corrected chi connectivity index (χ1v) is 8.67. The molecule has 1 aliphatic carbocycles. The highest BCUT2D eigenvalue weighted by Crippen LogP contribution is 2.40. The van der Waals surface area contributed by atoms with E-state index in [2.05, 4.69) is 0 Å². The van der Waals surface area contributed by atoms with Crippen LogP contribution in [0.15, 0.2) is 30.3 Å².